The maximum atomic E-state index is 12.7. The molecule has 1 fully saturated rings. The summed E-state index contributed by atoms with van der Waals surface area (Å²) in [5.74, 6) is 0.650. The van der Waals surface area contributed by atoms with E-state index in [9.17, 15) is 8.42 Å². The average Bonchev–Trinajstić information content (AvgIpc) is 3.00. The van der Waals surface area contributed by atoms with E-state index in [1.54, 1.807) is 47.0 Å². The van der Waals surface area contributed by atoms with Crippen LogP contribution in [-0.4, -0.2) is 55.9 Å². The molecule has 1 aromatic carbocycles. The van der Waals surface area contributed by atoms with Crippen LogP contribution in [0.2, 0.25) is 0 Å². The maximum absolute atomic E-state index is 12.7. The lowest BCUT2D eigenvalue weighted by atomic mass is 10.3. The van der Waals surface area contributed by atoms with Crippen molar-refractivity contribution in [3.05, 3.63) is 40.3 Å². The van der Waals surface area contributed by atoms with Crippen LogP contribution in [-0.2, 0) is 16.6 Å². The van der Waals surface area contributed by atoms with Gasteiger partial charge in [-0.3, -0.25) is 4.90 Å². The fraction of sp³-hybridized carbons (Fsp3) is 0.438. The third-order valence-electron chi connectivity index (χ3n) is 4.08. The average molecular weight is 367 g/mol. The van der Waals surface area contributed by atoms with Crippen molar-refractivity contribution in [2.75, 3.05) is 33.3 Å². The summed E-state index contributed by atoms with van der Waals surface area (Å²) in [6.07, 6.45) is 0. The predicted molar refractivity (Wildman–Crippen MR) is 93.9 cm³/mol. The van der Waals surface area contributed by atoms with E-state index in [0.29, 0.717) is 36.8 Å². The highest BCUT2D eigenvalue weighted by molar-refractivity contribution is 7.89. The summed E-state index contributed by atoms with van der Waals surface area (Å²) in [6.45, 7) is 5.20. The van der Waals surface area contributed by atoms with Gasteiger partial charge in [-0.25, -0.2) is 13.4 Å². The number of piperazine rings is 1. The highest BCUT2D eigenvalue weighted by Crippen LogP contribution is 2.21. The molecule has 0 N–H and O–H groups in total. The Morgan fingerprint density at radius 2 is 1.83 bits per heavy atom. The Balaban J connectivity index is 1.62. The minimum absolute atomic E-state index is 0.312. The van der Waals surface area contributed by atoms with Gasteiger partial charge in [0, 0.05) is 38.1 Å². The molecule has 2 heterocycles. The Morgan fingerprint density at radius 3 is 2.38 bits per heavy atom. The van der Waals surface area contributed by atoms with Gasteiger partial charge in [0.2, 0.25) is 10.0 Å². The van der Waals surface area contributed by atoms with Crippen molar-refractivity contribution in [1.82, 2.24) is 14.2 Å². The van der Waals surface area contributed by atoms with E-state index >= 15 is 0 Å². The molecule has 8 heteroatoms. The van der Waals surface area contributed by atoms with Crippen LogP contribution in [0.5, 0.6) is 5.75 Å². The molecule has 1 aromatic heterocycles. The normalized spacial score (nSPS) is 17.1. The molecular formula is C16H21N3O3S2. The van der Waals surface area contributed by atoms with Crippen molar-refractivity contribution in [3.8, 4) is 5.75 Å². The zero-order valence-corrected chi connectivity index (χ0v) is 15.4. The van der Waals surface area contributed by atoms with Crippen molar-refractivity contribution < 1.29 is 13.2 Å². The number of methoxy groups -OCH3 is 1. The summed E-state index contributed by atoms with van der Waals surface area (Å²) in [5.41, 5.74) is 1.06. The first kappa shape index (κ1) is 17.3. The molecule has 3 rings (SSSR count). The molecule has 0 saturated carbocycles. The van der Waals surface area contributed by atoms with Gasteiger partial charge in [0.15, 0.2) is 0 Å². The van der Waals surface area contributed by atoms with Gasteiger partial charge in [0.25, 0.3) is 0 Å². The van der Waals surface area contributed by atoms with Crippen molar-refractivity contribution in [2.24, 2.45) is 0 Å². The van der Waals surface area contributed by atoms with E-state index in [4.69, 9.17) is 4.74 Å². The van der Waals surface area contributed by atoms with Crippen molar-refractivity contribution in [3.63, 3.8) is 0 Å². The third-order valence-corrected chi connectivity index (χ3v) is 6.82. The Kier molecular flexibility index (Phi) is 5.19. The number of nitrogens with zero attached hydrogens (tertiary/aromatic N) is 3. The van der Waals surface area contributed by atoms with Gasteiger partial charge >= 0.3 is 0 Å². The molecule has 0 amide bonds. The summed E-state index contributed by atoms with van der Waals surface area (Å²) < 4.78 is 32.1. The molecule has 0 bridgehead atoms. The molecule has 6 nitrogen and oxygen atoms in total. The van der Waals surface area contributed by atoms with E-state index in [-0.39, 0.29) is 0 Å². The zero-order valence-electron chi connectivity index (χ0n) is 13.8. The molecule has 2 aromatic rings. The van der Waals surface area contributed by atoms with E-state index < -0.39 is 10.0 Å². The van der Waals surface area contributed by atoms with E-state index in [1.807, 2.05) is 6.92 Å². The van der Waals surface area contributed by atoms with Gasteiger partial charge in [0.1, 0.15) is 5.75 Å². The highest BCUT2D eigenvalue weighted by Gasteiger charge is 2.28. The standard InChI is InChI=1S/C16H21N3O3S2/c1-13-17-14(12-23-13)11-18-7-9-19(10-8-18)24(20,21)16-5-3-15(22-2)4-6-16/h3-6,12H,7-11H2,1-2H3. The quantitative estimate of drug-likeness (QED) is 0.808. The molecule has 0 unspecified atom stereocenters. The lowest BCUT2D eigenvalue weighted by Crippen LogP contribution is -2.48. The molecule has 0 spiro atoms. The van der Waals surface area contributed by atoms with Gasteiger partial charge in [-0.15, -0.1) is 11.3 Å². The van der Waals surface area contributed by atoms with Gasteiger partial charge in [0.05, 0.1) is 22.7 Å². The molecular weight excluding hydrogens is 346 g/mol. The number of rotatable bonds is 5. The zero-order chi connectivity index (χ0) is 17.2. The van der Waals surface area contributed by atoms with Crippen LogP contribution in [0.25, 0.3) is 0 Å². The SMILES string of the molecule is COc1ccc(S(=O)(=O)N2CCN(Cc3csc(C)n3)CC2)cc1. The highest BCUT2D eigenvalue weighted by atomic mass is 32.2. The summed E-state index contributed by atoms with van der Waals surface area (Å²) >= 11 is 1.64. The van der Waals surface area contributed by atoms with Crippen LogP contribution in [0.4, 0.5) is 0 Å². The van der Waals surface area contributed by atoms with Gasteiger partial charge < -0.3 is 4.74 Å². The second-order valence-corrected chi connectivity index (χ2v) is 8.71. The summed E-state index contributed by atoms with van der Waals surface area (Å²) in [6, 6.07) is 6.54. The monoisotopic (exact) mass is 367 g/mol. The molecule has 0 radical (unpaired) electrons. The fourth-order valence-electron chi connectivity index (χ4n) is 2.73. The first-order chi connectivity index (χ1) is 11.5. The first-order valence-electron chi connectivity index (χ1n) is 7.76. The van der Waals surface area contributed by atoms with Crippen LogP contribution in [0, 0.1) is 6.92 Å². The molecule has 24 heavy (non-hydrogen) atoms. The number of sulfonamides is 1. The Hall–Kier alpha value is -1.48. The van der Waals surface area contributed by atoms with E-state index in [0.717, 1.165) is 17.2 Å². The molecule has 0 atom stereocenters. The van der Waals surface area contributed by atoms with Crippen LogP contribution in [0.3, 0.4) is 0 Å². The number of thiazole rings is 1. The Labute approximate surface area is 146 Å². The topological polar surface area (TPSA) is 62.7 Å². The van der Waals surface area contributed by atoms with Crippen LogP contribution in [0.1, 0.15) is 10.7 Å². The number of benzene rings is 1. The van der Waals surface area contributed by atoms with Crippen LogP contribution >= 0.6 is 11.3 Å². The second kappa shape index (κ2) is 7.18. The first-order valence-corrected chi connectivity index (χ1v) is 10.1. The summed E-state index contributed by atoms with van der Waals surface area (Å²) in [5, 5.41) is 3.13. The minimum atomic E-state index is -3.44. The Morgan fingerprint density at radius 1 is 1.17 bits per heavy atom. The van der Waals surface area contributed by atoms with Gasteiger partial charge in [-0.1, -0.05) is 0 Å². The number of hydrogen-bond donors (Lipinski definition) is 0. The lowest BCUT2D eigenvalue weighted by Gasteiger charge is -2.33. The smallest absolute Gasteiger partial charge is 0.243 e. The molecule has 0 aliphatic carbocycles. The second-order valence-electron chi connectivity index (χ2n) is 5.71. The number of aromatic nitrogens is 1. The van der Waals surface area contributed by atoms with E-state index in [2.05, 4.69) is 15.3 Å². The molecule has 130 valence electrons. The fourth-order valence-corrected chi connectivity index (χ4v) is 4.76. The number of hydrogen-bond acceptors (Lipinski definition) is 6. The predicted octanol–water partition coefficient (Wildman–Crippen LogP) is 1.97. The van der Waals surface area contributed by atoms with Crippen molar-refractivity contribution in [1.29, 1.82) is 0 Å². The molecule has 1 aliphatic heterocycles. The number of aryl methyl sites for hydroxylation is 1. The molecule has 1 aliphatic rings. The lowest BCUT2D eigenvalue weighted by molar-refractivity contribution is 0.180. The van der Waals surface area contributed by atoms with Gasteiger partial charge in [-0.2, -0.15) is 4.31 Å². The summed E-state index contributed by atoms with van der Waals surface area (Å²) in [7, 11) is -1.88. The summed E-state index contributed by atoms with van der Waals surface area (Å²) in [4.78, 5) is 7.03. The van der Waals surface area contributed by atoms with Crippen LogP contribution in [0.15, 0.2) is 34.5 Å². The van der Waals surface area contributed by atoms with Gasteiger partial charge in [-0.05, 0) is 31.2 Å². The van der Waals surface area contributed by atoms with Crippen molar-refractivity contribution >= 4 is 21.4 Å². The van der Waals surface area contributed by atoms with Crippen LogP contribution < -0.4 is 4.74 Å². The maximum Gasteiger partial charge on any atom is 0.243 e. The number of ether oxygens (including phenoxy) is 1. The molecule has 1 saturated heterocycles. The minimum Gasteiger partial charge on any atom is -0.497 e. The van der Waals surface area contributed by atoms with Crippen molar-refractivity contribution in [2.45, 2.75) is 18.4 Å². The van der Waals surface area contributed by atoms with E-state index in [1.165, 1.54) is 0 Å². The largest absolute Gasteiger partial charge is 0.497 e. The Bertz CT molecular complexity index is 779. The third kappa shape index (κ3) is 3.77.